The zero-order valence-electron chi connectivity index (χ0n) is 14.7. The molecule has 2 aromatic carbocycles. The molecule has 4 heteroatoms. The molecule has 2 aromatic rings. The van der Waals surface area contributed by atoms with Crippen LogP contribution in [0.4, 0.5) is 0 Å². The molecule has 0 radical (unpaired) electrons. The molecular formula is C20H25NO3. The van der Waals surface area contributed by atoms with E-state index in [0.29, 0.717) is 6.61 Å². The van der Waals surface area contributed by atoms with Crippen LogP contribution in [-0.2, 0) is 4.79 Å². The first kappa shape index (κ1) is 17.9. The minimum atomic E-state index is -0.563. The van der Waals surface area contributed by atoms with Gasteiger partial charge in [0.25, 0.3) is 5.91 Å². The Morgan fingerprint density at radius 3 is 2.08 bits per heavy atom. The molecule has 0 heterocycles. The van der Waals surface area contributed by atoms with Gasteiger partial charge in [-0.05, 0) is 51.0 Å². The van der Waals surface area contributed by atoms with Crippen molar-refractivity contribution in [3.05, 3.63) is 59.7 Å². The molecule has 4 nitrogen and oxygen atoms in total. The average Bonchev–Trinajstić information content (AvgIpc) is 2.56. The Balaban J connectivity index is 1.82. The van der Waals surface area contributed by atoms with Crippen molar-refractivity contribution in [1.82, 2.24) is 5.32 Å². The summed E-state index contributed by atoms with van der Waals surface area (Å²) in [5.74, 6) is 1.41. The molecule has 128 valence electrons. The molecule has 2 rings (SSSR count). The largest absolute Gasteiger partial charge is 0.491 e. The number of hydrogen-bond donors (Lipinski definition) is 1. The lowest BCUT2D eigenvalue weighted by atomic mass is 10.2. The maximum atomic E-state index is 12.3. The Morgan fingerprint density at radius 1 is 0.958 bits per heavy atom. The van der Waals surface area contributed by atoms with Gasteiger partial charge in [0.2, 0.25) is 0 Å². The van der Waals surface area contributed by atoms with Gasteiger partial charge in [0.05, 0.1) is 6.04 Å². The van der Waals surface area contributed by atoms with E-state index in [1.807, 2.05) is 69.3 Å². The van der Waals surface area contributed by atoms with E-state index in [-0.39, 0.29) is 11.9 Å². The number of ether oxygens (including phenoxy) is 2. The number of carbonyl (C=O) groups is 1. The van der Waals surface area contributed by atoms with Crippen LogP contribution in [-0.4, -0.2) is 24.7 Å². The summed E-state index contributed by atoms with van der Waals surface area (Å²) in [6.45, 7) is 8.02. The fourth-order valence-corrected chi connectivity index (χ4v) is 2.27. The third-order valence-corrected chi connectivity index (χ3v) is 3.74. The quantitative estimate of drug-likeness (QED) is 0.844. The number of para-hydroxylation sites is 2. The van der Waals surface area contributed by atoms with Crippen molar-refractivity contribution in [3.8, 4) is 11.5 Å². The van der Waals surface area contributed by atoms with Crippen molar-refractivity contribution in [2.45, 2.75) is 39.8 Å². The Morgan fingerprint density at radius 2 is 1.50 bits per heavy atom. The standard InChI is InChI=1S/C20H25NO3/c1-14-9-5-7-11-18(14)23-13-16(3)21-20(22)17(4)24-19-12-8-6-10-15(19)2/h5-12,16-17H,13H2,1-4H3,(H,21,22)/t16-,17-/m1/s1. The van der Waals surface area contributed by atoms with Crippen LogP contribution in [0.1, 0.15) is 25.0 Å². The van der Waals surface area contributed by atoms with Gasteiger partial charge in [-0.2, -0.15) is 0 Å². The second-order valence-corrected chi connectivity index (χ2v) is 6.01. The van der Waals surface area contributed by atoms with Gasteiger partial charge >= 0.3 is 0 Å². The number of aryl methyl sites for hydroxylation is 2. The van der Waals surface area contributed by atoms with E-state index < -0.39 is 6.10 Å². The Kier molecular flexibility index (Phi) is 6.24. The number of amides is 1. The van der Waals surface area contributed by atoms with Crippen molar-refractivity contribution in [2.75, 3.05) is 6.61 Å². The lowest BCUT2D eigenvalue weighted by Crippen LogP contribution is -2.43. The number of hydrogen-bond acceptors (Lipinski definition) is 3. The monoisotopic (exact) mass is 327 g/mol. The van der Waals surface area contributed by atoms with Gasteiger partial charge in [0.1, 0.15) is 18.1 Å². The van der Waals surface area contributed by atoms with E-state index in [1.165, 1.54) is 0 Å². The molecule has 0 aliphatic rings. The van der Waals surface area contributed by atoms with Crippen molar-refractivity contribution in [2.24, 2.45) is 0 Å². The van der Waals surface area contributed by atoms with E-state index >= 15 is 0 Å². The summed E-state index contributed by atoms with van der Waals surface area (Å²) < 4.78 is 11.5. The van der Waals surface area contributed by atoms with E-state index in [2.05, 4.69) is 5.32 Å². The molecule has 24 heavy (non-hydrogen) atoms. The number of nitrogens with one attached hydrogen (secondary N) is 1. The molecule has 0 aliphatic carbocycles. The van der Waals surface area contributed by atoms with Crippen molar-refractivity contribution in [3.63, 3.8) is 0 Å². The van der Waals surface area contributed by atoms with Gasteiger partial charge in [0, 0.05) is 0 Å². The second-order valence-electron chi connectivity index (χ2n) is 6.01. The summed E-state index contributed by atoms with van der Waals surface area (Å²) in [6, 6.07) is 15.4. The lowest BCUT2D eigenvalue weighted by Gasteiger charge is -2.20. The minimum Gasteiger partial charge on any atom is -0.491 e. The summed E-state index contributed by atoms with van der Waals surface area (Å²) in [4.78, 5) is 12.3. The molecule has 0 saturated carbocycles. The molecule has 1 amide bonds. The predicted molar refractivity (Wildman–Crippen MR) is 95.5 cm³/mol. The van der Waals surface area contributed by atoms with Crippen LogP contribution in [0.3, 0.4) is 0 Å². The van der Waals surface area contributed by atoms with E-state index in [0.717, 1.165) is 22.6 Å². The first-order chi connectivity index (χ1) is 11.5. The number of rotatable bonds is 7. The highest BCUT2D eigenvalue weighted by molar-refractivity contribution is 5.81. The van der Waals surface area contributed by atoms with Crippen LogP contribution >= 0.6 is 0 Å². The Hall–Kier alpha value is -2.49. The normalized spacial score (nSPS) is 13.0. The molecule has 1 N–H and O–H groups in total. The predicted octanol–water partition coefficient (Wildman–Crippen LogP) is 3.65. The first-order valence-electron chi connectivity index (χ1n) is 8.18. The highest BCUT2D eigenvalue weighted by Crippen LogP contribution is 2.18. The third-order valence-electron chi connectivity index (χ3n) is 3.74. The molecular weight excluding hydrogens is 302 g/mol. The van der Waals surface area contributed by atoms with Crippen molar-refractivity contribution in [1.29, 1.82) is 0 Å². The molecule has 0 aromatic heterocycles. The molecule has 0 fully saturated rings. The van der Waals surface area contributed by atoms with E-state index in [4.69, 9.17) is 9.47 Å². The average molecular weight is 327 g/mol. The minimum absolute atomic E-state index is 0.111. The topological polar surface area (TPSA) is 47.6 Å². The van der Waals surface area contributed by atoms with Crippen molar-refractivity contribution < 1.29 is 14.3 Å². The summed E-state index contributed by atoms with van der Waals surface area (Å²) in [5.41, 5.74) is 2.08. The molecule has 0 aliphatic heterocycles. The SMILES string of the molecule is Cc1ccccc1OC[C@@H](C)NC(=O)[C@@H](C)Oc1ccccc1C. The summed E-state index contributed by atoms with van der Waals surface area (Å²) in [7, 11) is 0. The first-order valence-corrected chi connectivity index (χ1v) is 8.18. The van der Waals surface area contributed by atoms with Gasteiger partial charge in [-0.1, -0.05) is 36.4 Å². The molecule has 2 atom stereocenters. The van der Waals surface area contributed by atoms with Gasteiger partial charge in [-0.15, -0.1) is 0 Å². The van der Waals surface area contributed by atoms with Gasteiger partial charge in [0.15, 0.2) is 6.10 Å². The fourth-order valence-electron chi connectivity index (χ4n) is 2.27. The maximum absolute atomic E-state index is 12.3. The van der Waals surface area contributed by atoms with Crippen molar-refractivity contribution >= 4 is 5.91 Å². The van der Waals surface area contributed by atoms with E-state index in [1.54, 1.807) is 6.92 Å². The summed E-state index contributed by atoms with van der Waals surface area (Å²) in [6.07, 6.45) is -0.563. The molecule has 0 spiro atoms. The van der Waals surface area contributed by atoms with Crippen LogP contribution in [0.25, 0.3) is 0 Å². The van der Waals surface area contributed by atoms with E-state index in [9.17, 15) is 4.79 Å². The summed E-state index contributed by atoms with van der Waals surface area (Å²) in [5, 5.41) is 2.92. The second kappa shape index (κ2) is 8.39. The Bertz CT molecular complexity index is 684. The van der Waals surface area contributed by atoms with Crippen LogP contribution in [0, 0.1) is 13.8 Å². The zero-order chi connectivity index (χ0) is 17.5. The highest BCUT2D eigenvalue weighted by atomic mass is 16.5. The van der Waals surface area contributed by atoms with Crippen LogP contribution in [0.2, 0.25) is 0 Å². The Labute approximate surface area is 143 Å². The number of carbonyl (C=O) groups excluding carboxylic acids is 1. The van der Waals surface area contributed by atoms with Gasteiger partial charge in [-0.25, -0.2) is 0 Å². The van der Waals surface area contributed by atoms with Crippen LogP contribution < -0.4 is 14.8 Å². The number of benzene rings is 2. The van der Waals surface area contributed by atoms with Gasteiger partial charge in [-0.3, -0.25) is 4.79 Å². The lowest BCUT2D eigenvalue weighted by molar-refractivity contribution is -0.128. The zero-order valence-corrected chi connectivity index (χ0v) is 14.7. The van der Waals surface area contributed by atoms with Crippen LogP contribution in [0.15, 0.2) is 48.5 Å². The molecule has 0 unspecified atom stereocenters. The summed E-state index contributed by atoms with van der Waals surface area (Å²) >= 11 is 0. The van der Waals surface area contributed by atoms with Gasteiger partial charge < -0.3 is 14.8 Å². The molecule has 0 bridgehead atoms. The molecule has 0 saturated heterocycles. The highest BCUT2D eigenvalue weighted by Gasteiger charge is 2.18. The fraction of sp³-hybridized carbons (Fsp3) is 0.350. The van der Waals surface area contributed by atoms with Crippen LogP contribution in [0.5, 0.6) is 11.5 Å². The maximum Gasteiger partial charge on any atom is 0.261 e. The smallest absolute Gasteiger partial charge is 0.261 e. The third kappa shape index (κ3) is 5.01.